The van der Waals surface area contributed by atoms with Crippen molar-refractivity contribution >= 4 is 17.5 Å². The highest BCUT2D eigenvalue weighted by Crippen LogP contribution is 2.32. The molecule has 3 rings (SSSR count). The lowest BCUT2D eigenvalue weighted by molar-refractivity contribution is -0.118. The zero-order valence-corrected chi connectivity index (χ0v) is 11.6. The Bertz CT molecular complexity index is 550. The molecule has 2 heterocycles. The first-order valence-electron chi connectivity index (χ1n) is 6.99. The summed E-state index contributed by atoms with van der Waals surface area (Å²) in [5.41, 5.74) is 1.30. The summed E-state index contributed by atoms with van der Waals surface area (Å²) in [6.45, 7) is 2.03. The lowest BCUT2D eigenvalue weighted by Gasteiger charge is -2.19. The second kappa shape index (κ2) is 5.15. The third kappa shape index (κ3) is 2.24. The molecule has 0 N–H and O–H groups in total. The van der Waals surface area contributed by atoms with Crippen molar-refractivity contribution < 1.29 is 14.3 Å². The third-order valence-corrected chi connectivity index (χ3v) is 3.91. The van der Waals surface area contributed by atoms with Crippen LogP contribution in [-0.4, -0.2) is 43.5 Å². The van der Waals surface area contributed by atoms with E-state index in [0.717, 1.165) is 25.9 Å². The molecule has 2 amide bonds. The summed E-state index contributed by atoms with van der Waals surface area (Å²) in [5.74, 6) is 0.709. The van der Waals surface area contributed by atoms with Gasteiger partial charge in [0.2, 0.25) is 5.91 Å². The van der Waals surface area contributed by atoms with Crippen LogP contribution in [0.3, 0.4) is 0 Å². The fourth-order valence-corrected chi connectivity index (χ4v) is 2.69. The van der Waals surface area contributed by atoms with Crippen LogP contribution in [0.2, 0.25) is 0 Å². The molecule has 0 unspecified atom stereocenters. The number of fused-ring (bicyclic) bond motifs is 1. The van der Waals surface area contributed by atoms with E-state index in [2.05, 4.69) is 0 Å². The first-order chi connectivity index (χ1) is 9.66. The molecule has 2 aliphatic rings. The van der Waals surface area contributed by atoms with Crippen molar-refractivity contribution in [2.45, 2.75) is 19.3 Å². The largest absolute Gasteiger partial charge is 0.491 e. The van der Waals surface area contributed by atoms with Crippen molar-refractivity contribution in [2.75, 3.05) is 31.6 Å². The van der Waals surface area contributed by atoms with Crippen molar-refractivity contribution in [1.82, 2.24) is 4.90 Å². The number of carbonyl (C=O) groups excluding carboxylic acids is 2. The fraction of sp³-hybridized carbons (Fsp3) is 0.467. The van der Waals surface area contributed by atoms with E-state index in [9.17, 15) is 9.59 Å². The summed E-state index contributed by atoms with van der Waals surface area (Å²) < 4.78 is 5.56. The van der Waals surface area contributed by atoms with Crippen molar-refractivity contribution in [3.8, 4) is 5.75 Å². The van der Waals surface area contributed by atoms with Gasteiger partial charge < -0.3 is 14.5 Å². The predicted molar refractivity (Wildman–Crippen MR) is 75.1 cm³/mol. The van der Waals surface area contributed by atoms with Gasteiger partial charge in [-0.3, -0.25) is 9.59 Å². The summed E-state index contributed by atoms with van der Waals surface area (Å²) in [7, 11) is 1.72. The van der Waals surface area contributed by atoms with Crippen LogP contribution in [0.25, 0.3) is 0 Å². The normalized spacial score (nSPS) is 18.6. The van der Waals surface area contributed by atoms with E-state index in [4.69, 9.17) is 4.74 Å². The number of anilines is 1. The highest BCUT2D eigenvalue weighted by molar-refractivity contribution is 5.99. The molecule has 0 spiro atoms. The van der Waals surface area contributed by atoms with Crippen LogP contribution in [0.4, 0.5) is 5.69 Å². The van der Waals surface area contributed by atoms with Gasteiger partial charge in [0.1, 0.15) is 5.75 Å². The Labute approximate surface area is 118 Å². The number of hydrogen-bond donors (Lipinski definition) is 0. The van der Waals surface area contributed by atoms with Gasteiger partial charge in [-0.2, -0.15) is 0 Å². The maximum absolute atomic E-state index is 12.4. The number of carbonyl (C=O) groups is 2. The molecule has 1 saturated heterocycles. The summed E-state index contributed by atoms with van der Waals surface area (Å²) in [6, 6.07) is 5.33. The van der Waals surface area contributed by atoms with Crippen molar-refractivity contribution in [3.05, 3.63) is 23.8 Å². The topological polar surface area (TPSA) is 49.9 Å². The zero-order valence-electron chi connectivity index (χ0n) is 11.6. The Hall–Kier alpha value is -2.04. The second-order valence-corrected chi connectivity index (χ2v) is 5.23. The molecular formula is C15H18N2O3. The predicted octanol–water partition coefficient (Wildman–Crippen LogP) is 1.67. The van der Waals surface area contributed by atoms with Gasteiger partial charge in [-0.05, 0) is 31.0 Å². The number of rotatable bonds is 1. The van der Waals surface area contributed by atoms with E-state index in [1.54, 1.807) is 30.1 Å². The number of likely N-dealkylation sites (tertiary alicyclic amines) is 1. The van der Waals surface area contributed by atoms with Crippen LogP contribution >= 0.6 is 0 Å². The molecule has 5 heteroatoms. The number of hydrogen-bond acceptors (Lipinski definition) is 3. The highest BCUT2D eigenvalue weighted by atomic mass is 16.5. The molecule has 2 aliphatic heterocycles. The van der Waals surface area contributed by atoms with E-state index in [1.165, 1.54) is 0 Å². The maximum Gasteiger partial charge on any atom is 0.253 e. The van der Waals surface area contributed by atoms with Gasteiger partial charge in [0, 0.05) is 25.7 Å². The Morgan fingerprint density at radius 2 is 2.00 bits per heavy atom. The monoisotopic (exact) mass is 274 g/mol. The second-order valence-electron chi connectivity index (χ2n) is 5.23. The van der Waals surface area contributed by atoms with Crippen molar-refractivity contribution in [2.24, 2.45) is 0 Å². The zero-order chi connectivity index (χ0) is 14.1. The van der Waals surface area contributed by atoms with E-state index in [-0.39, 0.29) is 11.8 Å². The van der Waals surface area contributed by atoms with E-state index in [1.807, 2.05) is 4.90 Å². The molecule has 1 aromatic rings. The van der Waals surface area contributed by atoms with Crippen LogP contribution in [0.5, 0.6) is 5.75 Å². The molecule has 0 aliphatic carbocycles. The summed E-state index contributed by atoms with van der Waals surface area (Å²) >= 11 is 0. The Morgan fingerprint density at radius 3 is 2.75 bits per heavy atom. The lowest BCUT2D eigenvalue weighted by atomic mass is 10.1. The first kappa shape index (κ1) is 13.0. The summed E-state index contributed by atoms with van der Waals surface area (Å²) in [4.78, 5) is 27.7. The maximum atomic E-state index is 12.4. The molecule has 0 aromatic heterocycles. The molecule has 20 heavy (non-hydrogen) atoms. The molecule has 5 nitrogen and oxygen atoms in total. The van der Waals surface area contributed by atoms with E-state index >= 15 is 0 Å². The van der Waals surface area contributed by atoms with Gasteiger partial charge in [-0.15, -0.1) is 0 Å². The van der Waals surface area contributed by atoms with Gasteiger partial charge in [0.15, 0.2) is 0 Å². The van der Waals surface area contributed by atoms with Crippen LogP contribution < -0.4 is 9.64 Å². The molecule has 0 atom stereocenters. The smallest absolute Gasteiger partial charge is 0.253 e. The minimum absolute atomic E-state index is 0.00882. The van der Waals surface area contributed by atoms with E-state index in [0.29, 0.717) is 30.0 Å². The SMILES string of the molecule is CN1C(=O)CCOc2ccc(C(=O)N3CCCC3)cc21. The first-order valence-corrected chi connectivity index (χ1v) is 6.99. The molecule has 0 radical (unpaired) electrons. The Morgan fingerprint density at radius 1 is 1.25 bits per heavy atom. The minimum Gasteiger partial charge on any atom is -0.491 e. The number of benzene rings is 1. The van der Waals surface area contributed by atoms with Gasteiger partial charge >= 0.3 is 0 Å². The van der Waals surface area contributed by atoms with Crippen LogP contribution in [0, 0.1) is 0 Å². The molecule has 0 saturated carbocycles. The molecule has 1 fully saturated rings. The van der Waals surface area contributed by atoms with Crippen LogP contribution in [-0.2, 0) is 4.79 Å². The van der Waals surface area contributed by atoms with Gasteiger partial charge in [0.25, 0.3) is 5.91 Å². The average molecular weight is 274 g/mol. The van der Waals surface area contributed by atoms with Crippen molar-refractivity contribution in [3.63, 3.8) is 0 Å². The number of ether oxygens (including phenoxy) is 1. The number of nitrogens with zero attached hydrogens (tertiary/aromatic N) is 2. The van der Waals surface area contributed by atoms with Crippen LogP contribution in [0.1, 0.15) is 29.6 Å². The van der Waals surface area contributed by atoms with Gasteiger partial charge in [-0.1, -0.05) is 0 Å². The standard InChI is InChI=1S/C15H18N2O3/c1-16-12-10-11(15(19)17-7-2-3-8-17)4-5-13(12)20-9-6-14(16)18/h4-5,10H,2-3,6-9H2,1H3. The quantitative estimate of drug-likeness (QED) is 0.782. The van der Waals surface area contributed by atoms with Gasteiger partial charge in [0.05, 0.1) is 18.7 Å². The third-order valence-electron chi connectivity index (χ3n) is 3.91. The van der Waals surface area contributed by atoms with Gasteiger partial charge in [-0.25, -0.2) is 0 Å². The molecule has 106 valence electrons. The van der Waals surface area contributed by atoms with Crippen LogP contribution in [0.15, 0.2) is 18.2 Å². The molecule has 1 aromatic carbocycles. The Balaban J connectivity index is 1.93. The minimum atomic E-state index is 0.00882. The summed E-state index contributed by atoms with van der Waals surface area (Å²) in [5, 5.41) is 0. The highest BCUT2D eigenvalue weighted by Gasteiger charge is 2.24. The van der Waals surface area contributed by atoms with Crippen molar-refractivity contribution in [1.29, 1.82) is 0 Å². The molecule has 0 bridgehead atoms. The fourth-order valence-electron chi connectivity index (χ4n) is 2.69. The average Bonchev–Trinajstić information content (AvgIpc) is 2.95. The lowest BCUT2D eigenvalue weighted by Crippen LogP contribution is -2.28. The van der Waals surface area contributed by atoms with E-state index < -0.39 is 0 Å². The number of amides is 2. The molecular weight excluding hydrogens is 256 g/mol. The summed E-state index contributed by atoms with van der Waals surface area (Å²) in [6.07, 6.45) is 2.50. The Kier molecular flexibility index (Phi) is 3.34.